The Balaban J connectivity index is 2.45. The highest BCUT2D eigenvalue weighted by molar-refractivity contribution is 5.19. The average Bonchev–Trinajstić information content (AvgIpc) is 2.15. The number of hydrogen-bond donors (Lipinski definition) is 3. The molecule has 0 aromatic carbocycles. The molecule has 1 heterocycles. The van der Waals surface area contributed by atoms with Gasteiger partial charge in [-0.2, -0.15) is 0 Å². The van der Waals surface area contributed by atoms with Crippen LogP contribution in [-0.4, -0.2) is 34.3 Å². The Bertz CT molecular complexity index is 208. The SMILES string of the molecule is OCC1OC=CC=C1CCC(O)O. The number of allylic oxidation sites excluding steroid dienone is 2. The fourth-order valence-electron chi connectivity index (χ4n) is 1.20. The quantitative estimate of drug-likeness (QED) is 0.537. The Morgan fingerprint density at radius 2 is 2.23 bits per heavy atom. The third kappa shape index (κ3) is 3.18. The van der Waals surface area contributed by atoms with E-state index in [1.165, 1.54) is 6.26 Å². The molecule has 4 heteroatoms. The Labute approximate surface area is 76.8 Å². The van der Waals surface area contributed by atoms with Gasteiger partial charge >= 0.3 is 0 Å². The minimum atomic E-state index is -1.30. The average molecular weight is 186 g/mol. The van der Waals surface area contributed by atoms with E-state index in [1.54, 1.807) is 6.08 Å². The third-order valence-electron chi connectivity index (χ3n) is 1.90. The van der Waals surface area contributed by atoms with Crippen LogP contribution in [0.1, 0.15) is 12.8 Å². The van der Waals surface area contributed by atoms with Crippen molar-refractivity contribution in [2.45, 2.75) is 25.2 Å². The highest BCUT2D eigenvalue weighted by Crippen LogP contribution is 2.18. The van der Waals surface area contributed by atoms with E-state index >= 15 is 0 Å². The molecule has 0 saturated heterocycles. The lowest BCUT2D eigenvalue weighted by molar-refractivity contribution is -0.0458. The van der Waals surface area contributed by atoms with E-state index in [-0.39, 0.29) is 19.1 Å². The van der Waals surface area contributed by atoms with Crippen molar-refractivity contribution in [3.05, 3.63) is 24.0 Å². The van der Waals surface area contributed by atoms with Gasteiger partial charge in [0.25, 0.3) is 0 Å². The third-order valence-corrected chi connectivity index (χ3v) is 1.90. The van der Waals surface area contributed by atoms with Crippen LogP contribution in [0, 0.1) is 0 Å². The molecule has 3 N–H and O–H groups in total. The normalized spacial score (nSPS) is 21.5. The molecule has 74 valence electrons. The summed E-state index contributed by atoms with van der Waals surface area (Å²) in [5.41, 5.74) is 0.887. The van der Waals surface area contributed by atoms with Crippen LogP contribution in [0.3, 0.4) is 0 Å². The van der Waals surface area contributed by atoms with Crippen molar-refractivity contribution < 1.29 is 20.1 Å². The molecule has 0 fully saturated rings. The predicted molar refractivity (Wildman–Crippen MR) is 46.6 cm³/mol. The van der Waals surface area contributed by atoms with E-state index in [1.807, 2.05) is 6.08 Å². The molecule has 1 rings (SSSR count). The summed E-state index contributed by atoms with van der Waals surface area (Å²) in [6.45, 7) is -0.0856. The van der Waals surface area contributed by atoms with Crippen molar-refractivity contribution in [3.63, 3.8) is 0 Å². The van der Waals surface area contributed by atoms with E-state index < -0.39 is 6.29 Å². The molecular weight excluding hydrogens is 172 g/mol. The number of rotatable bonds is 4. The van der Waals surface area contributed by atoms with Crippen LogP contribution in [0.2, 0.25) is 0 Å². The van der Waals surface area contributed by atoms with Crippen molar-refractivity contribution in [1.82, 2.24) is 0 Å². The zero-order valence-corrected chi connectivity index (χ0v) is 7.26. The monoisotopic (exact) mass is 186 g/mol. The van der Waals surface area contributed by atoms with Gasteiger partial charge in [-0.3, -0.25) is 0 Å². The van der Waals surface area contributed by atoms with Gasteiger partial charge in [0.1, 0.15) is 6.10 Å². The maximum Gasteiger partial charge on any atom is 0.151 e. The summed E-state index contributed by atoms with van der Waals surface area (Å²) < 4.78 is 5.11. The highest BCUT2D eigenvalue weighted by atomic mass is 16.5. The summed E-state index contributed by atoms with van der Waals surface area (Å²) in [6.07, 6.45) is 4.22. The topological polar surface area (TPSA) is 69.9 Å². The second-order valence-corrected chi connectivity index (χ2v) is 2.90. The van der Waals surface area contributed by atoms with E-state index in [9.17, 15) is 0 Å². The van der Waals surface area contributed by atoms with Gasteiger partial charge in [-0.05, 0) is 18.1 Å². The zero-order chi connectivity index (χ0) is 9.68. The smallest absolute Gasteiger partial charge is 0.151 e. The minimum absolute atomic E-state index is 0.0856. The van der Waals surface area contributed by atoms with Crippen molar-refractivity contribution >= 4 is 0 Å². The molecule has 1 unspecified atom stereocenters. The summed E-state index contributed by atoms with van der Waals surface area (Å²) in [5.74, 6) is 0. The van der Waals surface area contributed by atoms with Crippen molar-refractivity contribution in [3.8, 4) is 0 Å². The van der Waals surface area contributed by atoms with Gasteiger partial charge in [0.2, 0.25) is 0 Å². The summed E-state index contributed by atoms with van der Waals surface area (Å²) in [6, 6.07) is 0. The van der Waals surface area contributed by atoms with Crippen LogP contribution >= 0.6 is 0 Å². The number of hydrogen-bond acceptors (Lipinski definition) is 4. The molecule has 0 aromatic rings. The molecule has 4 nitrogen and oxygen atoms in total. The van der Waals surface area contributed by atoms with Crippen molar-refractivity contribution in [1.29, 1.82) is 0 Å². The first-order valence-corrected chi connectivity index (χ1v) is 4.22. The summed E-state index contributed by atoms with van der Waals surface area (Å²) in [7, 11) is 0. The van der Waals surface area contributed by atoms with Gasteiger partial charge in [-0.25, -0.2) is 0 Å². The van der Waals surface area contributed by atoms with Crippen LogP contribution in [0.4, 0.5) is 0 Å². The van der Waals surface area contributed by atoms with Crippen molar-refractivity contribution in [2.24, 2.45) is 0 Å². The van der Waals surface area contributed by atoms with Crippen LogP contribution < -0.4 is 0 Å². The Morgan fingerprint density at radius 1 is 1.46 bits per heavy atom. The summed E-state index contributed by atoms with van der Waals surface area (Å²) in [5, 5.41) is 26.2. The summed E-state index contributed by atoms with van der Waals surface area (Å²) in [4.78, 5) is 0. The largest absolute Gasteiger partial charge is 0.491 e. The van der Waals surface area contributed by atoms with Crippen LogP contribution in [0.15, 0.2) is 24.0 Å². The molecule has 1 atom stereocenters. The lowest BCUT2D eigenvalue weighted by atomic mass is 10.0. The molecule has 0 bridgehead atoms. The van der Waals surface area contributed by atoms with Gasteiger partial charge in [0.15, 0.2) is 6.29 Å². The number of aliphatic hydroxyl groups is 3. The molecule has 0 saturated carbocycles. The van der Waals surface area contributed by atoms with Gasteiger partial charge in [-0.1, -0.05) is 6.08 Å². The number of ether oxygens (including phenoxy) is 1. The van der Waals surface area contributed by atoms with E-state index in [0.717, 1.165) is 5.57 Å². The molecule has 0 radical (unpaired) electrons. The van der Waals surface area contributed by atoms with Gasteiger partial charge in [-0.15, -0.1) is 0 Å². The fourth-order valence-corrected chi connectivity index (χ4v) is 1.20. The Kier molecular flexibility index (Phi) is 3.95. The maximum atomic E-state index is 8.90. The minimum Gasteiger partial charge on any atom is -0.491 e. The fraction of sp³-hybridized carbons (Fsp3) is 0.556. The van der Waals surface area contributed by atoms with Gasteiger partial charge in [0.05, 0.1) is 12.9 Å². The van der Waals surface area contributed by atoms with E-state index in [0.29, 0.717) is 6.42 Å². The number of aliphatic hydroxyl groups excluding tert-OH is 2. The van der Waals surface area contributed by atoms with E-state index in [4.69, 9.17) is 20.1 Å². The van der Waals surface area contributed by atoms with Crippen molar-refractivity contribution in [2.75, 3.05) is 6.61 Å². The maximum absolute atomic E-state index is 8.90. The first kappa shape index (κ1) is 10.2. The molecule has 0 amide bonds. The Hall–Kier alpha value is -0.840. The van der Waals surface area contributed by atoms with Crippen LogP contribution in [0.25, 0.3) is 0 Å². The molecular formula is C9H14O4. The zero-order valence-electron chi connectivity index (χ0n) is 7.26. The summed E-state index contributed by atoms with van der Waals surface area (Å²) >= 11 is 0. The van der Waals surface area contributed by atoms with Crippen LogP contribution in [-0.2, 0) is 4.74 Å². The second-order valence-electron chi connectivity index (χ2n) is 2.90. The lowest BCUT2D eigenvalue weighted by Crippen LogP contribution is -2.21. The molecule has 0 spiro atoms. The predicted octanol–water partition coefficient (Wildman–Crippen LogP) is -0.0915. The Morgan fingerprint density at radius 3 is 2.85 bits per heavy atom. The van der Waals surface area contributed by atoms with Crippen LogP contribution in [0.5, 0.6) is 0 Å². The van der Waals surface area contributed by atoms with E-state index in [2.05, 4.69) is 0 Å². The standard InChI is InChI=1S/C9H14O4/c10-6-8-7(2-1-5-13-8)3-4-9(11)12/h1-2,5,8-12H,3-4,6H2. The first-order chi connectivity index (χ1) is 6.24. The van der Waals surface area contributed by atoms with Gasteiger partial charge < -0.3 is 20.1 Å². The first-order valence-electron chi connectivity index (χ1n) is 4.22. The molecule has 13 heavy (non-hydrogen) atoms. The lowest BCUT2D eigenvalue weighted by Gasteiger charge is -2.20. The second kappa shape index (κ2) is 5.01. The molecule has 0 aromatic heterocycles. The highest BCUT2D eigenvalue weighted by Gasteiger charge is 2.15. The molecule has 0 aliphatic carbocycles. The van der Waals surface area contributed by atoms with Gasteiger partial charge in [0, 0.05) is 6.42 Å². The molecule has 1 aliphatic heterocycles. The molecule has 1 aliphatic rings.